The van der Waals surface area contributed by atoms with Crippen LogP contribution >= 0.6 is 49.9 Å². The van der Waals surface area contributed by atoms with Crippen molar-refractivity contribution in [2.75, 3.05) is 0 Å². The van der Waals surface area contributed by atoms with E-state index in [2.05, 4.69) is 79.8 Å². The molecule has 0 bridgehead atoms. The van der Waals surface area contributed by atoms with E-state index in [0.717, 1.165) is 4.47 Å². The lowest BCUT2D eigenvalue weighted by Crippen LogP contribution is -2.29. The van der Waals surface area contributed by atoms with Crippen LogP contribution in [0, 0.1) is 10.5 Å². The molecule has 0 radical (unpaired) electrons. The summed E-state index contributed by atoms with van der Waals surface area (Å²) >= 11 is 7.60. The Morgan fingerprint density at radius 1 is 1.35 bits per heavy atom. The second-order valence-corrected chi connectivity index (χ2v) is 6.43. The molecule has 0 fully saturated rings. The highest BCUT2D eigenvalue weighted by Gasteiger charge is 2.18. The third-order valence-corrected chi connectivity index (χ3v) is 5.88. The zero-order chi connectivity index (χ0) is 12.4. The number of thiophene rings is 1. The number of hydrogen-bond acceptors (Lipinski definition) is 3. The fourth-order valence-corrected chi connectivity index (χ4v) is 3.96. The van der Waals surface area contributed by atoms with Gasteiger partial charge in [0.05, 0.1) is 6.04 Å². The second kappa shape index (κ2) is 5.79. The number of aryl methyl sites for hydroxylation is 1. The number of nitrogens with one attached hydrogen (secondary N) is 1. The van der Waals surface area contributed by atoms with E-state index in [0.29, 0.717) is 0 Å². The maximum atomic E-state index is 5.71. The van der Waals surface area contributed by atoms with Gasteiger partial charge < -0.3 is 0 Å². The number of benzene rings is 1. The Morgan fingerprint density at radius 3 is 2.71 bits per heavy atom. The monoisotopic (exact) mass is 422 g/mol. The number of nitrogens with two attached hydrogens (primary N) is 1. The van der Waals surface area contributed by atoms with E-state index in [1.165, 1.54) is 20.3 Å². The maximum Gasteiger partial charge on any atom is 0.0739 e. The Labute approximate surface area is 127 Å². The van der Waals surface area contributed by atoms with Gasteiger partial charge in [0.2, 0.25) is 0 Å². The summed E-state index contributed by atoms with van der Waals surface area (Å²) in [6, 6.07) is 6.32. The van der Waals surface area contributed by atoms with E-state index < -0.39 is 0 Å². The van der Waals surface area contributed by atoms with Gasteiger partial charge in [-0.25, -0.2) is 5.43 Å². The molecule has 2 nitrogen and oxygen atoms in total. The van der Waals surface area contributed by atoms with Crippen molar-refractivity contribution in [3.8, 4) is 0 Å². The zero-order valence-corrected chi connectivity index (χ0v) is 13.8. The normalized spacial score (nSPS) is 12.7. The summed E-state index contributed by atoms with van der Waals surface area (Å²) in [7, 11) is 0. The predicted octanol–water partition coefficient (Wildman–Crippen LogP) is 3.98. The van der Waals surface area contributed by atoms with Gasteiger partial charge in [-0.2, -0.15) is 11.3 Å². The van der Waals surface area contributed by atoms with Crippen LogP contribution in [0.15, 0.2) is 33.4 Å². The molecule has 0 aliphatic rings. The number of halogens is 2. The van der Waals surface area contributed by atoms with Gasteiger partial charge in [0, 0.05) is 13.4 Å². The van der Waals surface area contributed by atoms with Crippen LogP contribution < -0.4 is 11.3 Å². The Bertz CT molecular complexity index is 527. The quantitative estimate of drug-likeness (QED) is 0.446. The smallest absolute Gasteiger partial charge is 0.0739 e. The van der Waals surface area contributed by atoms with Gasteiger partial charge in [-0.1, -0.05) is 18.2 Å². The van der Waals surface area contributed by atoms with Crippen molar-refractivity contribution in [1.82, 2.24) is 5.43 Å². The molecule has 3 N–H and O–H groups in total. The lowest BCUT2D eigenvalue weighted by Gasteiger charge is -2.18. The number of hydrogen-bond donors (Lipinski definition) is 2. The molecule has 90 valence electrons. The molecule has 1 aromatic heterocycles. The molecule has 17 heavy (non-hydrogen) atoms. The van der Waals surface area contributed by atoms with Gasteiger partial charge in [-0.3, -0.25) is 5.84 Å². The molecule has 0 amide bonds. The van der Waals surface area contributed by atoms with Crippen molar-refractivity contribution in [2.45, 2.75) is 13.0 Å². The van der Waals surface area contributed by atoms with Crippen LogP contribution in [0.2, 0.25) is 0 Å². The molecular formula is C12H12BrIN2S. The van der Waals surface area contributed by atoms with Crippen molar-refractivity contribution < 1.29 is 0 Å². The molecule has 0 saturated carbocycles. The highest BCUT2D eigenvalue weighted by molar-refractivity contribution is 14.1. The van der Waals surface area contributed by atoms with Gasteiger partial charge in [-0.15, -0.1) is 0 Å². The Kier molecular flexibility index (Phi) is 4.59. The molecule has 1 aromatic carbocycles. The molecule has 0 aliphatic carbocycles. The highest BCUT2D eigenvalue weighted by Crippen LogP contribution is 2.33. The zero-order valence-electron chi connectivity index (χ0n) is 9.21. The third kappa shape index (κ3) is 2.73. The van der Waals surface area contributed by atoms with Crippen molar-refractivity contribution in [2.24, 2.45) is 5.84 Å². The third-order valence-electron chi connectivity index (χ3n) is 2.65. The Morgan fingerprint density at radius 2 is 2.12 bits per heavy atom. The molecule has 2 rings (SSSR count). The molecule has 5 heteroatoms. The maximum absolute atomic E-state index is 5.71. The summed E-state index contributed by atoms with van der Waals surface area (Å²) in [6.45, 7) is 2.11. The van der Waals surface area contributed by atoms with E-state index >= 15 is 0 Å². The Balaban J connectivity index is 2.50. The molecule has 0 aliphatic heterocycles. The summed E-state index contributed by atoms with van der Waals surface area (Å²) < 4.78 is 2.36. The molecule has 2 aromatic rings. The van der Waals surface area contributed by atoms with Crippen LogP contribution in [-0.4, -0.2) is 0 Å². The van der Waals surface area contributed by atoms with Crippen molar-refractivity contribution in [1.29, 1.82) is 0 Å². The SMILES string of the molecule is Cc1cccc(C(NN)c2cscc2Br)c1I. The van der Waals surface area contributed by atoms with E-state index in [9.17, 15) is 0 Å². The minimum atomic E-state index is 0.0300. The summed E-state index contributed by atoms with van der Waals surface area (Å²) in [5.41, 5.74) is 6.57. The first-order valence-electron chi connectivity index (χ1n) is 5.08. The molecule has 0 saturated heterocycles. The van der Waals surface area contributed by atoms with Crippen LogP contribution in [0.1, 0.15) is 22.7 Å². The standard InChI is InChI=1S/C12H12BrIN2S/c1-7-3-2-4-8(11(7)14)12(16-15)9-5-17-6-10(9)13/h2-6,12,16H,15H2,1H3. The first-order valence-corrected chi connectivity index (χ1v) is 7.89. The minimum absolute atomic E-state index is 0.0300. The van der Waals surface area contributed by atoms with E-state index in [4.69, 9.17) is 5.84 Å². The summed E-state index contributed by atoms with van der Waals surface area (Å²) in [5.74, 6) is 5.71. The van der Waals surface area contributed by atoms with Crippen LogP contribution in [0.25, 0.3) is 0 Å². The summed E-state index contributed by atoms with van der Waals surface area (Å²) in [5, 5.41) is 4.19. The largest absolute Gasteiger partial charge is 0.271 e. The summed E-state index contributed by atoms with van der Waals surface area (Å²) in [4.78, 5) is 0. The van der Waals surface area contributed by atoms with E-state index in [1.54, 1.807) is 11.3 Å². The second-order valence-electron chi connectivity index (χ2n) is 3.75. The van der Waals surface area contributed by atoms with Gasteiger partial charge in [0.15, 0.2) is 0 Å². The fraction of sp³-hybridized carbons (Fsp3) is 0.167. The van der Waals surface area contributed by atoms with Gasteiger partial charge in [0.1, 0.15) is 0 Å². The average molecular weight is 423 g/mol. The van der Waals surface area contributed by atoms with E-state index in [-0.39, 0.29) is 6.04 Å². The number of hydrazine groups is 1. The van der Waals surface area contributed by atoms with Crippen molar-refractivity contribution in [3.63, 3.8) is 0 Å². The van der Waals surface area contributed by atoms with Gasteiger partial charge >= 0.3 is 0 Å². The molecule has 1 atom stereocenters. The minimum Gasteiger partial charge on any atom is -0.271 e. The molecule has 0 spiro atoms. The fourth-order valence-electron chi connectivity index (χ4n) is 1.74. The Hall–Kier alpha value is 0.0500. The van der Waals surface area contributed by atoms with Crippen LogP contribution in [0.3, 0.4) is 0 Å². The first-order chi connectivity index (χ1) is 8.15. The molecule has 1 unspecified atom stereocenters. The van der Waals surface area contributed by atoms with Crippen LogP contribution in [0.4, 0.5) is 0 Å². The van der Waals surface area contributed by atoms with Gasteiger partial charge in [0.25, 0.3) is 0 Å². The lowest BCUT2D eigenvalue weighted by atomic mass is 10.0. The average Bonchev–Trinajstić information content (AvgIpc) is 2.72. The van der Waals surface area contributed by atoms with E-state index in [1.807, 2.05) is 0 Å². The topological polar surface area (TPSA) is 38.0 Å². The number of rotatable bonds is 3. The van der Waals surface area contributed by atoms with Crippen LogP contribution in [0.5, 0.6) is 0 Å². The highest BCUT2D eigenvalue weighted by atomic mass is 127. The summed E-state index contributed by atoms with van der Waals surface area (Å²) in [6.07, 6.45) is 0. The lowest BCUT2D eigenvalue weighted by molar-refractivity contribution is 0.633. The van der Waals surface area contributed by atoms with Crippen molar-refractivity contribution in [3.05, 3.63) is 53.7 Å². The predicted molar refractivity (Wildman–Crippen MR) is 85.1 cm³/mol. The van der Waals surface area contributed by atoms with Crippen LogP contribution in [-0.2, 0) is 0 Å². The molecular weight excluding hydrogens is 411 g/mol. The van der Waals surface area contributed by atoms with Gasteiger partial charge in [-0.05, 0) is 67.5 Å². The van der Waals surface area contributed by atoms with Crippen molar-refractivity contribution >= 4 is 49.9 Å². The first kappa shape index (κ1) is 13.5. The molecule has 1 heterocycles.